The number of allylic oxidation sites excluding steroid dienone is 3. The molecule has 86 valence electrons. The van der Waals surface area contributed by atoms with E-state index in [1.807, 2.05) is 6.08 Å². The summed E-state index contributed by atoms with van der Waals surface area (Å²) in [5.41, 5.74) is 4.66. The molecule has 0 saturated heterocycles. The molecule has 0 aromatic heterocycles. The van der Waals surface area contributed by atoms with Gasteiger partial charge in [0, 0.05) is 11.5 Å². The van der Waals surface area contributed by atoms with Gasteiger partial charge >= 0.3 is 0 Å². The van der Waals surface area contributed by atoms with Crippen molar-refractivity contribution in [1.82, 2.24) is 0 Å². The number of nitrogens with two attached hydrogens (primary N) is 1. The van der Waals surface area contributed by atoms with Gasteiger partial charge in [-0.15, -0.1) is 0 Å². The molecule has 0 heterocycles. The Bertz CT molecular complexity index is 751. The van der Waals surface area contributed by atoms with Crippen LogP contribution in [0.4, 0.5) is 0 Å². The third kappa shape index (κ3) is 1.10. The van der Waals surface area contributed by atoms with Crippen molar-refractivity contribution in [3.8, 4) is 0 Å². The van der Waals surface area contributed by atoms with Crippen LogP contribution in [0.2, 0.25) is 0 Å². The van der Waals surface area contributed by atoms with E-state index in [2.05, 4.69) is 53.7 Å². The highest BCUT2D eigenvalue weighted by molar-refractivity contribution is 6.15. The number of hydrazone groups is 1. The molecule has 2 aliphatic carbocycles. The minimum absolute atomic E-state index is 0.351. The van der Waals surface area contributed by atoms with E-state index in [-0.39, 0.29) is 0 Å². The third-order valence-electron chi connectivity index (χ3n) is 3.81. The monoisotopic (exact) mass is 232 g/mol. The summed E-state index contributed by atoms with van der Waals surface area (Å²) in [5.74, 6) is 5.83. The molecule has 0 saturated carbocycles. The highest BCUT2D eigenvalue weighted by Gasteiger charge is 2.23. The van der Waals surface area contributed by atoms with E-state index in [1.165, 1.54) is 21.9 Å². The maximum Gasteiger partial charge on any atom is 0.0899 e. The predicted octanol–water partition coefficient (Wildman–Crippen LogP) is 3.18. The normalized spacial score (nSPS) is 21.8. The largest absolute Gasteiger partial charge is 0.323 e. The van der Waals surface area contributed by atoms with Gasteiger partial charge in [0.25, 0.3) is 0 Å². The lowest BCUT2D eigenvalue weighted by Gasteiger charge is -2.25. The molecule has 1 atom stereocenters. The third-order valence-corrected chi connectivity index (χ3v) is 3.81. The van der Waals surface area contributed by atoms with Crippen LogP contribution in [0.15, 0.2) is 53.7 Å². The quantitative estimate of drug-likeness (QED) is 0.550. The first-order valence-electron chi connectivity index (χ1n) is 6.09. The fraction of sp³-hybridized carbons (Fsp3) is 0.0625. The topological polar surface area (TPSA) is 38.4 Å². The Morgan fingerprint density at radius 2 is 1.89 bits per heavy atom. The molecule has 2 N–H and O–H groups in total. The van der Waals surface area contributed by atoms with Crippen LogP contribution in [-0.4, -0.2) is 5.71 Å². The molecule has 4 rings (SSSR count). The van der Waals surface area contributed by atoms with E-state index in [0.717, 1.165) is 11.3 Å². The minimum Gasteiger partial charge on any atom is -0.323 e. The van der Waals surface area contributed by atoms with E-state index < -0.39 is 0 Å². The van der Waals surface area contributed by atoms with E-state index in [4.69, 9.17) is 5.84 Å². The molecular weight excluding hydrogens is 220 g/mol. The summed E-state index contributed by atoms with van der Waals surface area (Å²) in [4.78, 5) is 0. The summed E-state index contributed by atoms with van der Waals surface area (Å²) in [6.45, 7) is 0. The summed E-state index contributed by atoms with van der Waals surface area (Å²) in [6.07, 6.45) is 8.63. The lowest BCUT2D eigenvalue weighted by Crippen LogP contribution is -2.14. The molecule has 0 radical (unpaired) electrons. The zero-order chi connectivity index (χ0) is 12.1. The second kappa shape index (κ2) is 3.33. The summed E-state index contributed by atoms with van der Waals surface area (Å²) in [6, 6.07) is 10.7. The van der Waals surface area contributed by atoms with Crippen molar-refractivity contribution < 1.29 is 0 Å². The maximum atomic E-state index is 5.48. The number of benzene rings is 2. The molecule has 0 aliphatic heterocycles. The van der Waals surface area contributed by atoms with Crippen LogP contribution in [0, 0.1) is 0 Å². The molecule has 2 aromatic rings. The van der Waals surface area contributed by atoms with Gasteiger partial charge in [-0.05, 0) is 28.0 Å². The van der Waals surface area contributed by atoms with Crippen LogP contribution >= 0.6 is 0 Å². The summed E-state index contributed by atoms with van der Waals surface area (Å²) >= 11 is 0. The van der Waals surface area contributed by atoms with Gasteiger partial charge in [0.2, 0.25) is 0 Å². The van der Waals surface area contributed by atoms with Crippen molar-refractivity contribution in [3.63, 3.8) is 0 Å². The maximum absolute atomic E-state index is 5.48. The van der Waals surface area contributed by atoms with Gasteiger partial charge in [0.1, 0.15) is 0 Å². The van der Waals surface area contributed by atoms with Crippen molar-refractivity contribution in [2.45, 2.75) is 5.92 Å². The van der Waals surface area contributed by atoms with Gasteiger partial charge in [0.15, 0.2) is 0 Å². The molecule has 2 aromatic carbocycles. The first-order chi connectivity index (χ1) is 8.88. The summed E-state index contributed by atoms with van der Waals surface area (Å²) in [7, 11) is 0. The van der Waals surface area contributed by atoms with Crippen molar-refractivity contribution >= 4 is 22.6 Å². The second-order valence-corrected chi connectivity index (χ2v) is 4.73. The Morgan fingerprint density at radius 1 is 1.00 bits per heavy atom. The molecule has 0 spiro atoms. The van der Waals surface area contributed by atoms with Crippen LogP contribution in [-0.2, 0) is 0 Å². The van der Waals surface area contributed by atoms with E-state index in [0.29, 0.717) is 5.92 Å². The van der Waals surface area contributed by atoms with Crippen LogP contribution in [0.3, 0.4) is 0 Å². The lowest BCUT2D eigenvalue weighted by molar-refractivity contribution is 1.07. The van der Waals surface area contributed by atoms with Crippen LogP contribution in [0.25, 0.3) is 16.8 Å². The van der Waals surface area contributed by atoms with Gasteiger partial charge < -0.3 is 5.84 Å². The fourth-order valence-corrected chi connectivity index (χ4v) is 3.01. The minimum atomic E-state index is 0.351. The van der Waals surface area contributed by atoms with E-state index >= 15 is 0 Å². The Morgan fingerprint density at radius 3 is 2.78 bits per heavy atom. The van der Waals surface area contributed by atoms with Crippen molar-refractivity contribution in [3.05, 3.63) is 65.3 Å². The van der Waals surface area contributed by atoms with Gasteiger partial charge in [-0.25, -0.2) is 0 Å². The number of hydrogen-bond acceptors (Lipinski definition) is 2. The Hall–Kier alpha value is -2.35. The zero-order valence-electron chi connectivity index (χ0n) is 9.80. The molecule has 0 fully saturated rings. The first-order valence-corrected chi connectivity index (χ1v) is 6.09. The molecular formula is C16H12N2. The van der Waals surface area contributed by atoms with Crippen LogP contribution in [0.1, 0.15) is 22.6 Å². The molecule has 18 heavy (non-hydrogen) atoms. The average Bonchev–Trinajstić information content (AvgIpc) is 2.44. The molecule has 0 bridgehead atoms. The van der Waals surface area contributed by atoms with Crippen LogP contribution in [0.5, 0.6) is 0 Å². The lowest BCUT2D eigenvalue weighted by atomic mass is 9.79. The van der Waals surface area contributed by atoms with E-state index in [1.54, 1.807) is 0 Å². The number of nitrogens with zero attached hydrogens (tertiary/aromatic N) is 1. The van der Waals surface area contributed by atoms with Gasteiger partial charge in [0.05, 0.1) is 5.71 Å². The molecule has 2 heteroatoms. The van der Waals surface area contributed by atoms with Crippen molar-refractivity contribution in [1.29, 1.82) is 0 Å². The Balaban J connectivity index is 2.21. The van der Waals surface area contributed by atoms with Crippen molar-refractivity contribution in [2.75, 3.05) is 0 Å². The highest BCUT2D eigenvalue weighted by Crippen LogP contribution is 2.39. The predicted molar refractivity (Wildman–Crippen MR) is 75.6 cm³/mol. The molecule has 0 amide bonds. The molecule has 2 nitrogen and oxygen atoms in total. The first kappa shape index (κ1) is 9.66. The Labute approximate surface area is 105 Å². The van der Waals surface area contributed by atoms with Gasteiger partial charge in [-0.1, -0.05) is 48.6 Å². The van der Waals surface area contributed by atoms with Gasteiger partial charge in [-0.2, -0.15) is 5.10 Å². The standard InChI is InChI=1S/C16H12N2/c17-18-14-9-7-12-5-4-10-2-1-3-11-6-8-13(14)16(12)15(10)11/h1-9,12H,17H2. The Kier molecular flexibility index (Phi) is 1.78. The SMILES string of the molecule is NN=C1C=CC2C=Cc3cccc4ccc1c2c34. The van der Waals surface area contributed by atoms with E-state index in [9.17, 15) is 0 Å². The second-order valence-electron chi connectivity index (χ2n) is 4.73. The van der Waals surface area contributed by atoms with Crippen molar-refractivity contribution in [2.24, 2.45) is 10.9 Å². The average molecular weight is 232 g/mol. The molecule has 1 unspecified atom stereocenters. The van der Waals surface area contributed by atoms with Gasteiger partial charge in [-0.3, -0.25) is 0 Å². The highest BCUT2D eigenvalue weighted by atomic mass is 15.1. The van der Waals surface area contributed by atoms with Crippen LogP contribution < -0.4 is 5.84 Å². The zero-order valence-corrected chi connectivity index (χ0v) is 9.80. The molecule has 2 aliphatic rings. The summed E-state index contributed by atoms with van der Waals surface area (Å²) < 4.78 is 0. The smallest absolute Gasteiger partial charge is 0.0899 e. The fourth-order valence-electron chi connectivity index (χ4n) is 3.01. The summed E-state index contributed by atoms with van der Waals surface area (Å²) in [5, 5.41) is 6.51. The number of rotatable bonds is 0. The number of hydrogen-bond donors (Lipinski definition) is 1.